The Hall–Kier alpha value is -2.65. The number of rotatable bonds is 2. The van der Waals surface area contributed by atoms with Crippen LogP contribution >= 0.6 is 0 Å². The lowest BCUT2D eigenvalue weighted by Crippen LogP contribution is -2.37. The van der Waals surface area contributed by atoms with Crippen molar-refractivity contribution in [2.24, 2.45) is 0 Å². The van der Waals surface area contributed by atoms with Gasteiger partial charge in [-0.1, -0.05) is 6.92 Å². The van der Waals surface area contributed by atoms with Gasteiger partial charge in [-0.2, -0.15) is 5.26 Å². The van der Waals surface area contributed by atoms with Gasteiger partial charge in [0.25, 0.3) is 0 Å². The van der Waals surface area contributed by atoms with Crippen LogP contribution in [-0.4, -0.2) is 42.8 Å². The second kappa shape index (κ2) is 6.93. The van der Waals surface area contributed by atoms with E-state index in [0.29, 0.717) is 11.5 Å². The van der Waals surface area contributed by atoms with E-state index in [9.17, 15) is 0 Å². The van der Waals surface area contributed by atoms with Crippen LogP contribution in [0.1, 0.15) is 35.2 Å². The van der Waals surface area contributed by atoms with Crippen molar-refractivity contribution in [3.63, 3.8) is 0 Å². The number of ether oxygens (including phenoxy) is 1. The molecule has 0 N–H and O–H groups in total. The summed E-state index contributed by atoms with van der Waals surface area (Å²) in [6.07, 6.45) is 3.66. The van der Waals surface area contributed by atoms with Crippen molar-refractivity contribution < 1.29 is 4.74 Å². The lowest BCUT2D eigenvalue weighted by molar-refractivity contribution is 0.122. The molecule has 2 aromatic heterocycles. The Morgan fingerprint density at radius 3 is 2.69 bits per heavy atom. The smallest absolute Gasteiger partial charge is 0.131 e. The maximum atomic E-state index is 9.06. The fraction of sp³-hybridized carbons (Fsp3) is 0.450. The zero-order chi connectivity index (χ0) is 18.1. The largest absolute Gasteiger partial charge is 0.378 e. The summed E-state index contributed by atoms with van der Waals surface area (Å²) in [4.78, 5) is 14.0. The predicted molar refractivity (Wildman–Crippen MR) is 100 cm³/mol. The molecule has 26 heavy (non-hydrogen) atoms. The lowest BCUT2D eigenvalue weighted by Gasteiger charge is -2.35. The number of anilines is 2. The zero-order valence-corrected chi connectivity index (χ0v) is 15.3. The molecular weight excluding hydrogens is 326 g/mol. The highest BCUT2D eigenvalue weighted by Gasteiger charge is 2.26. The molecule has 2 aliphatic heterocycles. The number of hydrogen-bond acceptors (Lipinski definition) is 6. The topological polar surface area (TPSA) is 65.3 Å². The van der Waals surface area contributed by atoms with E-state index in [1.165, 1.54) is 16.9 Å². The minimum absolute atomic E-state index is 0.342. The fourth-order valence-corrected chi connectivity index (χ4v) is 3.88. The van der Waals surface area contributed by atoms with Crippen molar-refractivity contribution in [3.8, 4) is 6.07 Å². The second-order valence-corrected chi connectivity index (χ2v) is 7.10. The van der Waals surface area contributed by atoms with Gasteiger partial charge in [0.15, 0.2) is 0 Å². The Balaban J connectivity index is 1.63. The number of nitrogens with zero attached hydrogens (tertiary/aromatic N) is 5. The normalized spacial score (nSPS) is 19.8. The number of morpholine rings is 1. The summed E-state index contributed by atoms with van der Waals surface area (Å²) in [7, 11) is 0. The van der Waals surface area contributed by atoms with E-state index < -0.39 is 0 Å². The summed E-state index contributed by atoms with van der Waals surface area (Å²) in [5.41, 5.74) is 5.26. The average Bonchev–Trinajstić information content (AvgIpc) is 2.68. The molecule has 6 nitrogen and oxygen atoms in total. The van der Waals surface area contributed by atoms with E-state index in [2.05, 4.69) is 33.8 Å². The predicted octanol–water partition coefficient (Wildman–Crippen LogP) is 2.62. The quantitative estimate of drug-likeness (QED) is 0.830. The van der Waals surface area contributed by atoms with Crippen LogP contribution in [0.15, 0.2) is 24.5 Å². The maximum absolute atomic E-state index is 9.06. The molecule has 0 amide bonds. The molecular formula is C20H23N5O. The van der Waals surface area contributed by atoms with E-state index in [-0.39, 0.29) is 0 Å². The summed E-state index contributed by atoms with van der Waals surface area (Å²) in [6.45, 7) is 9.28. The van der Waals surface area contributed by atoms with Gasteiger partial charge in [0.05, 0.1) is 36.4 Å². The summed E-state index contributed by atoms with van der Waals surface area (Å²) in [5.74, 6) is 1.30. The van der Waals surface area contributed by atoms with Crippen LogP contribution in [0.3, 0.4) is 0 Å². The van der Waals surface area contributed by atoms with E-state index in [1.807, 2.05) is 19.2 Å². The Bertz CT molecular complexity index is 854. The Kier molecular flexibility index (Phi) is 4.48. The van der Waals surface area contributed by atoms with Gasteiger partial charge in [-0.15, -0.1) is 0 Å². The molecule has 0 bridgehead atoms. The van der Waals surface area contributed by atoms with E-state index in [4.69, 9.17) is 15.0 Å². The third-order valence-electron chi connectivity index (χ3n) is 5.16. The minimum atomic E-state index is 0.342. The van der Waals surface area contributed by atoms with Crippen LogP contribution in [-0.2, 0) is 11.3 Å². The first-order valence-electron chi connectivity index (χ1n) is 9.09. The number of aromatic nitrogens is 2. The molecule has 0 aromatic carbocycles. The van der Waals surface area contributed by atoms with Gasteiger partial charge in [-0.3, -0.25) is 4.98 Å². The average molecular weight is 349 g/mol. The fourth-order valence-electron chi connectivity index (χ4n) is 3.88. The molecule has 0 radical (unpaired) electrons. The molecule has 1 saturated heterocycles. The SMILES string of the molecule is Cc1cc(C#N)cnc1N1Cc2cc(N3CCOCC3)cnc2C(C)C1. The summed E-state index contributed by atoms with van der Waals surface area (Å²) < 4.78 is 5.46. The number of hydrogen-bond donors (Lipinski definition) is 0. The monoisotopic (exact) mass is 349 g/mol. The number of pyridine rings is 2. The van der Waals surface area contributed by atoms with Crippen LogP contribution in [0.25, 0.3) is 0 Å². The van der Waals surface area contributed by atoms with Gasteiger partial charge in [0.2, 0.25) is 0 Å². The molecule has 2 aliphatic rings. The molecule has 0 spiro atoms. The first kappa shape index (κ1) is 16.8. The molecule has 4 heterocycles. The lowest BCUT2D eigenvalue weighted by atomic mass is 9.95. The Morgan fingerprint density at radius 2 is 1.96 bits per heavy atom. The van der Waals surface area contributed by atoms with Crippen molar-refractivity contribution in [1.82, 2.24) is 9.97 Å². The first-order valence-corrected chi connectivity index (χ1v) is 9.09. The standard InChI is InChI=1S/C20H23N5O/c1-14-7-16(9-21)10-23-20(14)25-12-15(2)19-17(13-25)8-18(11-22-19)24-3-5-26-6-4-24/h7-8,10-11,15H,3-6,12-13H2,1-2H3. The first-order chi connectivity index (χ1) is 12.7. The van der Waals surface area contributed by atoms with Crippen molar-refractivity contribution in [2.45, 2.75) is 26.3 Å². The molecule has 6 heteroatoms. The van der Waals surface area contributed by atoms with Gasteiger partial charge < -0.3 is 14.5 Å². The van der Waals surface area contributed by atoms with Gasteiger partial charge in [-0.05, 0) is 30.2 Å². The molecule has 1 fully saturated rings. The molecule has 2 aromatic rings. The summed E-state index contributed by atoms with van der Waals surface area (Å²) in [6, 6.07) is 6.34. The highest BCUT2D eigenvalue weighted by Crippen LogP contribution is 2.32. The van der Waals surface area contributed by atoms with Gasteiger partial charge >= 0.3 is 0 Å². The van der Waals surface area contributed by atoms with Crippen molar-refractivity contribution in [3.05, 3.63) is 46.9 Å². The van der Waals surface area contributed by atoms with Crippen LogP contribution < -0.4 is 9.80 Å². The molecule has 134 valence electrons. The number of aryl methyl sites for hydroxylation is 1. The highest BCUT2D eigenvalue weighted by molar-refractivity contribution is 5.55. The van der Waals surface area contributed by atoms with Crippen molar-refractivity contribution in [1.29, 1.82) is 5.26 Å². The zero-order valence-electron chi connectivity index (χ0n) is 15.3. The van der Waals surface area contributed by atoms with Gasteiger partial charge in [0, 0.05) is 38.3 Å². The molecule has 0 saturated carbocycles. The highest BCUT2D eigenvalue weighted by atomic mass is 16.5. The van der Waals surface area contributed by atoms with Crippen LogP contribution in [0, 0.1) is 18.3 Å². The Labute approximate surface area is 154 Å². The number of fused-ring (bicyclic) bond motifs is 1. The van der Waals surface area contributed by atoms with E-state index in [1.54, 1.807) is 6.20 Å². The van der Waals surface area contributed by atoms with E-state index in [0.717, 1.165) is 50.8 Å². The summed E-state index contributed by atoms with van der Waals surface area (Å²) in [5, 5.41) is 9.06. The van der Waals surface area contributed by atoms with Crippen LogP contribution in [0.2, 0.25) is 0 Å². The molecule has 0 aliphatic carbocycles. The Morgan fingerprint density at radius 1 is 1.15 bits per heavy atom. The second-order valence-electron chi connectivity index (χ2n) is 7.10. The molecule has 1 atom stereocenters. The number of nitriles is 1. The van der Waals surface area contributed by atoms with Crippen LogP contribution in [0.5, 0.6) is 0 Å². The third-order valence-corrected chi connectivity index (χ3v) is 5.16. The third kappa shape index (κ3) is 3.11. The maximum Gasteiger partial charge on any atom is 0.131 e. The van der Waals surface area contributed by atoms with Gasteiger partial charge in [0.1, 0.15) is 11.9 Å². The minimum Gasteiger partial charge on any atom is -0.378 e. The molecule has 1 unspecified atom stereocenters. The van der Waals surface area contributed by atoms with Gasteiger partial charge in [-0.25, -0.2) is 4.98 Å². The van der Waals surface area contributed by atoms with E-state index >= 15 is 0 Å². The summed E-state index contributed by atoms with van der Waals surface area (Å²) >= 11 is 0. The van der Waals surface area contributed by atoms with Crippen LogP contribution in [0.4, 0.5) is 11.5 Å². The molecule has 4 rings (SSSR count). The van der Waals surface area contributed by atoms with Crippen molar-refractivity contribution in [2.75, 3.05) is 42.6 Å². The van der Waals surface area contributed by atoms with Crippen molar-refractivity contribution >= 4 is 11.5 Å².